The number of fused-ring (bicyclic) bond motifs is 1. The second-order valence-corrected chi connectivity index (χ2v) is 4.76. The highest BCUT2D eigenvalue weighted by Crippen LogP contribution is 2.28. The number of nitrogen functional groups attached to an aromatic ring is 1. The molecule has 0 aliphatic heterocycles. The Morgan fingerprint density at radius 2 is 2.00 bits per heavy atom. The molecule has 1 heterocycles. The van der Waals surface area contributed by atoms with E-state index in [0.29, 0.717) is 16.4 Å². The van der Waals surface area contributed by atoms with E-state index >= 15 is 0 Å². The number of benzene rings is 1. The quantitative estimate of drug-likeness (QED) is 0.800. The molecule has 0 unspecified atom stereocenters. The van der Waals surface area contributed by atoms with Crippen LogP contribution in [-0.2, 0) is 5.60 Å². The van der Waals surface area contributed by atoms with Crippen LogP contribution in [-0.4, -0.2) is 10.1 Å². The second kappa shape index (κ2) is 3.61. The monoisotopic (exact) mass is 236 g/mol. The highest BCUT2D eigenvalue weighted by Gasteiger charge is 2.21. The molecule has 0 spiro atoms. The minimum absolute atomic E-state index is 0.474. The summed E-state index contributed by atoms with van der Waals surface area (Å²) in [5.41, 5.74) is 6.50. The van der Waals surface area contributed by atoms with E-state index in [2.05, 4.69) is 4.98 Å². The summed E-state index contributed by atoms with van der Waals surface area (Å²) in [6.07, 6.45) is 0. The van der Waals surface area contributed by atoms with Crippen LogP contribution in [0.5, 0.6) is 0 Å². The van der Waals surface area contributed by atoms with Gasteiger partial charge in [0, 0.05) is 10.4 Å². The highest BCUT2D eigenvalue weighted by atomic mass is 35.5. The van der Waals surface area contributed by atoms with Crippen molar-refractivity contribution < 1.29 is 5.11 Å². The summed E-state index contributed by atoms with van der Waals surface area (Å²) in [5.74, 6) is 0. The summed E-state index contributed by atoms with van der Waals surface area (Å²) in [7, 11) is 0. The zero-order valence-corrected chi connectivity index (χ0v) is 9.92. The van der Waals surface area contributed by atoms with Gasteiger partial charge in [0.2, 0.25) is 0 Å². The van der Waals surface area contributed by atoms with Crippen LogP contribution in [0.2, 0.25) is 5.02 Å². The lowest BCUT2D eigenvalue weighted by Gasteiger charge is -2.19. The number of rotatable bonds is 1. The normalized spacial score (nSPS) is 12.0. The van der Waals surface area contributed by atoms with Crippen LogP contribution in [0.4, 0.5) is 5.69 Å². The topological polar surface area (TPSA) is 59.1 Å². The first-order valence-corrected chi connectivity index (χ1v) is 5.34. The van der Waals surface area contributed by atoms with Crippen molar-refractivity contribution in [2.45, 2.75) is 19.4 Å². The molecule has 2 rings (SSSR count). The lowest BCUT2D eigenvalue weighted by molar-refractivity contribution is 0.0751. The van der Waals surface area contributed by atoms with Gasteiger partial charge in [-0.2, -0.15) is 0 Å². The number of aromatic nitrogens is 1. The van der Waals surface area contributed by atoms with E-state index in [1.165, 1.54) is 0 Å². The molecule has 0 amide bonds. The van der Waals surface area contributed by atoms with Gasteiger partial charge >= 0.3 is 0 Å². The lowest BCUT2D eigenvalue weighted by Crippen LogP contribution is -2.19. The van der Waals surface area contributed by atoms with E-state index in [4.69, 9.17) is 17.3 Å². The molecule has 0 fully saturated rings. The minimum Gasteiger partial charge on any atom is -0.397 e. The molecule has 1 aromatic heterocycles. The predicted octanol–water partition coefficient (Wildman–Crippen LogP) is 2.70. The minimum atomic E-state index is -1.05. The number of hydrogen-bond acceptors (Lipinski definition) is 3. The maximum Gasteiger partial charge on any atom is 0.103 e. The van der Waals surface area contributed by atoms with Crippen LogP contribution >= 0.6 is 11.6 Å². The molecule has 0 aliphatic rings. The van der Waals surface area contributed by atoms with Crippen molar-refractivity contribution in [1.29, 1.82) is 0 Å². The molecule has 3 nitrogen and oxygen atoms in total. The molecule has 0 atom stereocenters. The van der Waals surface area contributed by atoms with Gasteiger partial charge < -0.3 is 10.8 Å². The average Bonchev–Trinajstić information content (AvgIpc) is 2.16. The fourth-order valence-corrected chi connectivity index (χ4v) is 1.81. The van der Waals surface area contributed by atoms with Crippen molar-refractivity contribution in [2.24, 2.45) is 0 Å². The van der Waals surface area contributed by atoms with E-state index in [1.54, 1.807) is 32.0 Å². The Labute approximate surface area is 98.9 Å². The lowest BCUT2D eigenvalue weighted by atomic mass is 10.0. The van der Waals surface area contributed by atoms with Gasteiger partial charge in [-0.1, -0.05) is 17.7 Å². The zero-order chi connectivity index (χ0) is 11.9. The Bertz CT molecular complexity index is 546. The van der Waals surface area contributed by atoms with E-state index in [1.807, 2.05) is 6.07 Å². The fraction of sp³-hybridized carbons (Fsp3) is 0.250. The van der Waals surface area contributed by atoms with Gasteiger partial charge in [0.15, 0.2) is 0 Å². The third-order valence-corrected chi connectivity index (χ3v) is 2.62. The number of halogens is 1. The van der Waals surface area contributed by atoms with E-state index in [9.17, 15) is 5.11 Å². The summed E-state index contributed by atoms with van der Waals surface area (Å²) in [4.78, 5) is 4.35. The van der Waals surface area contributed by atoms with Gasteiger partial charge in [-0.25, -0.2) is 4.98 Å². The molecule has 0 bridgehead atoms. The van der Waals surface area contributed by atoms with Gasteiger partial charge in [-0.05, 0) is 32.0 Å². The summed E-state index contributed by atoms with van der Waals surface area (Å²) >= 11 is 5.89. The first-order valence-electron chi connectivity index (χ1n) is 4.96. The number of nitrogens with two attached hydrogens (primary N) is 1. The standard InChI is InChI=1S/C12H13ClN2O/c1-12(2,16)11-9(14)5-7-3-4-8(13)6-10(7)15-11/h3-6,16H,14H2,1-2H3. The van der Waals surface area contributed by atoms with Crippen LogP contribution < -0.4 is 5.73 Å². The molecule has 0 radical (unpaired) electrons. The van der Waals surface area contributed by atoms with Crippen LogP contribution in [0, 0.1) is 0 Å². The molecule has 84 valence electrons. The maximum absolute atomic E-state index is 9.92. The van der Waals surface area contributed by atoms with Crippen LogP contribution in [0.3, 0.4) is 0 Å². The van der Waals surface area contributed by atoms with Gasteiger partial charge in [-0.15, -0.1) is 0 Å². The number of nitrogens with zero attached hydrogens (tertiary/aromatic N) is 1. The van der Waals surface area contributed by atoms with Crippen molar-refractivity contribution in [3.05, 3.63) is 35.0 Å². The summed E-state index contributed by atoms with van der Waals surface area (Å²) in [6, 6.07) is 7.20. The number of hydrogen-bond donors (Lipinski definition) is 2. The average molecular weight is 237 g/mol. The molecule has 0 aliphatic carbocycles. The molecular formula is C12H13ClN2O. The Hall–Kier alpha value is -1.32. The molecule has 0 saturated carbocycles. The predicted molar refractivity (Wildman–Crippen MR) is 66.4 cm³/mol. The van der Waals surface area contributed by atoms with E-state index in [0.717, 1.165) is 10.9 Å². The molecule has 3 N–H and O–H groups in total. The number of anilines is 1. The molecule has 16 heavy (non-hydrogen) atoms. The van der Waals surface area contributed by atoms with Gasteiger partial charge in [-0.3, -0.25) is 0 Å². The third kappa shape index (κ3) is 1.96. The van der Waals surface area contributed by atoms with Crippen molar-refractivity contribution in [3.63, 3.8) is 0 Å². The Kier molecular flexibility index (Phi) is 2.52. The second-order valence-electron chi connectivity index (χ2n) is 4.32. The Balaban J connectivity index is 2.74. The molecule has 4 heteroatoms. The van der Waals surface area contributed by atoms with E-state index in [-0.39, 0.29) is 0 Å². The van der Waals surface area contributed by atoms with Gasteiger partial charge in [0.1, 0.15) is 5.60 Å². The zero-order valence-electron chi connectivity index (χ0n) is 9.16. The van der Waals surface area contributed by atoms with E-state index < -0.39 is 5.60 Å². The van der Waals surface area contributed by atoms with Crippen molar-refractivity contribution >= 4 is 28.2 Å². The smallest absolute Gasteiger partial charge is 0.103 e. The number of pyridine rings is 1. The van der Waals surface area contributed by atoms with Crippen LogP contribution in [0.15, 0.2) is 24.3 Å². The maximum atomic E-state index is 9.92. The SMILES string of the molecule is CC(C)(O)c1nc2cc(Cl)ccc2cc1N. The van der Waals surface area contributed by atoms with Gasteiger partial charge in [0.05, 0.1) is 16.9 Å². The molecule has 0 saturated heterocycles. The van der Waals surface area contributed by atoms with Crippen LogP contribution in [0.25, 0.3) is 10.9 Å². The Morgan fingerprint density at radius 1 is 1.31 bits per heavy atom. The van der Waals surface area contributed by atoms with Gasteiger partial charge in [0.25, 0.3) is 0 Å². The van der Waals surface area contributed by atoms with Crippen molar-refractivity contribution in [1.82, 2.24) is 4.98 Å². The fourth-order valence-electron chi connectivity index (χ4n) is 1.65. The summed E-state index contributed by atoms with van der Waals surface area (Å²) in [6.45, 7) is 3.31. The third-order valence-electron chi connectivity index (χ3n) is 2.39. The largest absolute Gasteiger partial charge is 0.397 e. The Morgan fingerprint density at radius 3 is 2.62 bits per heavy atom. The molecule has 2 aromatic rings. The molecular weight excluding hydrogens is 224 g/mol. The van der Waals surface area contributed by atoms with Crippen LogP contribution in [0.1, 0.15) is 19.5 Å². The first kappa shape index (κ1) is 11.2. The molecule has 1 aromatic carbocycles. The number of aliphatic hydroxyl groups is 1. The van der Waals surface area contributed by atoms with Crippen molar-refractivity contribution in [3.8, 4) is 0 Å². The van der Waals surface area contributed by atoms with Crippen molar-refractivity contribution in [2.75, 3.05) is 5.73 Å². The summed E-state index contributed by atoms with van der Waals surface area (Å²) < 4.78 is 0. The highest BCUT2D eigenvalue weighted by molar-refractivity contribution is 6.31. The first-order chi connectivity index (χ1) is 7.38. The summed E-state index contributed by atoms with van der Waals surface area (Å²) in [5, 5.41) is 11.5.